The Kier molecular flexibility index (Phi) is 7.04. The van der Waals surface area contributed by atoms with E-state index in [9.17, 15) is 14.4 Å². The molecule has 0 bridgehead atoms. The van der Waals surface area contributed by atoms with Crippen LogP contribution in [0, 0.1) is 0 Å². The van der Waals surface area contributed by atoms with Crippen LogP contribution >= 0.6 is 15.9 Å². The summed E-state index contributed by atoms with van der Waals surface area (Å²) in [6, 6.07) is 14.8. The van der Waals surface area contributed by atoms with Gasteiger partial charge in [-0.25, -0.2) is 0 Å². The molecular formula is C22H24BrN3O3. The highest BCUT2D eigenvalue weighted by atomic mass is 79.9. The maximum atomic E-state index is 12.4. The maximum Gasteiger partial charge on any atom is 0.227 e. The third kappa shape index (κ3) is 5.90. The number of hydrogen-bond donors (Lipinski definition) is 2. The zero-order valence-corrected chi connectivity index (χ0v) is 17.9. The van der Waals surface area contributed by atoms with Gasteiger partial charge in [0.2, 0.25) is 17.7 Å². The van der Waals surface area contributed by atoms with Crippen LogP contribution in [0.25, 0.3) is 0 Å². The van der Waals surface area contributed by atoms with Crippen molar-refractivity contribution >= 4 is 39.3 Å². The third-order valence-corrected chi connectivity index (χ3v) is 5.38. The molecule has 1 unspecified atom stereocenters. The van der Waals surface area contributed by atoms with Crippen molar-refractivity contribution in [3.05, 3.63) is 64.1 Å². The van der Waals surface area contributed by atoms with E-state index < -0.39 is 0 Å². The summed E-state index contributed by atoms with van der Waals surface area (Å²) in [5, 5.41) is 5.74. The van der Waals surface area contributed by atoms with Crippen molar-refractivity contribution in [1.82, 2.24) is 10.6 Å². The Morgan fingerprint density at radius 2 is 1.79 bits per heavy atom. The van der Waals surface area contributed by atoms with Gasteiger partial charge in [-0.3, -0.25) is 14.4 Å². The van der Waals surface area contributed by atoms with E-state index in [1.807, 2.05) is 48.5 Å². The molecule has 3 rings (SSSR count). The molecule has 1 aliphatic heterocycles. The SMILES string of the molecule is CC(=O)NC(CC(=O)NCc1ccc(N2CCCC2=O)cc1)c1ccc(Br)cc1. The molecule has 0 aliphatic carbocycles. The minimum Gasteiger partial charge on any atom is -0.352 e. The van der Waals surface area contributed by atoms with Crippen molar-refractivity contribution in [2.75, 3.05) is 11.4 Å². The molecular weight excluding hydrogens is 434 g/mol. The zero-order valence-electron chi connectivity index (χ0n) is 16.3. The number of rotatable bonds is 7. The normalized spacial score (nSPS) is 14.6. The molecule has 29 heavy (non-hydrogen) atoms. The van der Waals surface area contributed by atoms with E-state index in [0.29, 0.717) is 13.0 Å². The molecule has 0 spiro atoms. The van der Waals surface area contributed by atoms with Gasteiger partial charge in [-0.05, 0) is 41.8 Å². The van der Waals surface area contributed by atoms with Crippen molar-refractivity contribution in [2.24, 2.45) is 0 Å². The van der Waals surface area contributed by atoms with E-state index in [0.717, 1.165) is 34.3 Å². The number of carbonyl (C=O) groups excluding carboxylic acids is 3. The second kappa shape index (κ2) is 9.69. The van der Waals surface area contributed by atoms with Crippen molar-refractivity contribution in [3.63, 3.8) is 0 Å². The summed E-state index contributed by atoms with van der Waals surface area (Å²) in [6.07, 6.45) is 1.65. The van der Waals surface area contributed by atoms with Crippen molar-refractivity contribution in [1.29, 1.82) is 0 Å². The fraction of sp³-hybridized carbons (Fsp3) is 0.318. The molecule has 6 nitrogen and oxygen atoms in total. The molecule has 0 radical (unpaired) electrons. The van der Waals surface area contributed by atoms with Crippen molar-refractivity contribution in [3.8, 4) is 0 Å². The van der Waals surface area contributed by atoms with Gasteiger partial charge in [0.25, 0.3) is 0 Å². The molecule has 1 saturated heterocycles. The number of amides is 3. The average molecular weight is 458 g/mol. The highest BCUT2D eigenvalue weighted by molar-refractivity contribution is 9.10. The number of hydrogen-bond acceptors (Lipinski definition) is 3. The lowest BCUT2D eigenvalue weighted by Gasteiger charge is -2.18. The van der Waals surface area contributed by atoms with Gasteiger partial charge < -0.3 is 15.5 Å². The number of nitrogens with one attached hydrogen (secondary N) is 2. The van der Waals surface area contributed by atoms with Gasteiger partial charge in [-0.2, -0.15) is 0 Å². The van der Waals surface area contributed by atoms with Crippen LogP contribution in [0.3, 0.4) is 0 Å². The van der Waals surface area contributed by atoms with Gasteiger partial charge in [0, 0.05) is 36.6 Å². The van der Waals surface area contributed by atoms with Crippen molar-refractivity contribution in [2.45, 2.75) is 38.8 Å². The topological polar surface area (TPSA) is 78.5 Å². The Labute approximate surface area is 178 Å². The standard InChI is InChI=1S/C22H24BrN3O3/c1-15(27)25-20(17-6-8-18(23)9-7-17)13-21(28)24-14-16-4-10-19(11-5-16)26-12-2-3-22(26)29/h4-11,20H,2-3,12-14H2,1H3,(H,24,28)(H,25,27). The molecule has 0 aromatic heterocycles. The number of benzene rings is 2. The first kappa shape index (κ1) is 21.0. The highest BCUT2D eigenvalue weighted by Gasteiger charge is 2.21. The first-order chi connectivity index (χ1) is 13.9. The van der Waals surface area contributed by atoms with E-state index in [2.05, 4.69) is 26.6 Å². The van der Waals surface area contributed by atoms with E-state index in [-0.39, 0.29) is 30.2 Å². The second-order valence-corrected chi connectivity index (χ2v) is 8.02. The Morgan fingerprint density at radius 1 is 1.10 bits per heavy atom. The van der Waals surface area contributed by atoms with Gasteiger partial charge in [0.1, 0.15) is 0 Å². The lowest BCUT2D eigenvalue weighted by Crippen LogP contribution is -2.32. The molecule has 1 atom stereocenters. The minimum atomic E-state index is -0.385. The molecule has 1 aliphatic rings. The van der Waals surface area contributed by atoms with Gasteiger partial charge in [-0.15, -0.1) is 0 Å². The van der Waals surface area contributed by atoms with E-state index in [1.165, 1.54) is 6.92 Å². The molecule has 7 heteroatoms. The number of anilines is 1. The Morgan fingerprint density at radius 3 is 2.38 bits per heavy atom. The summed E-state index contributed by atoms with van der Waals surface area (Å²) in [4.78, 5) is 37.6. The lowest BCUT2D eigenvalue weighted by molar-refractivity contribution is -0.123. The van der Waals surface area contributed by atoms with E-state index in [1.54, 1.807) is 4.90 Å². The monoisotopic (exact) mass is 457 g/mol. The molecule has 1 heterocycles. The quantitative estimate of drug-likeness (QED) is 0.667. The first-order valence-corrected chi connectivity index (χ1v) is 10.4. The average Bonchev–Trinajstić information content (AvgIpc) is 3.12. The molecule has 152 valence electrons. The number of carbonyl (C=O) groups is 3. The van der Waals surface area contributed by atoms with Crippen LogP contribution in [-0.2, 0) is 20.9 Å². The van der Waals surface area contributed by atoms with Gasteiger partial charge in [-0.1, -0.05) is 40.2 Å². The molecule has 0 saturated carbocycles. The van der Waals surface area contributed by atoms with E-state index >= 15 is 0 Å². The lowest BCUT2D eigenvalue weighted by atomic mass is 10.0. The molecule has 2 aromatic rings. The third-order valence-electron chi connectivity index (χ3n) is 4.85. The summed E-state index contributed by atoms with van der Waals surface area (Å²) in [6.45, 7) is 2.59. The van der Waals surface area contributed by atoms with Crippen LogP contribution in [0.5, 0.6) is 0 Å². The van der Waals surface area contributed by atoms with Crippen LogP contribution in [0.2, 0.25) is 0 Å². The van der Waals surface area contributed by atoms with Crippen LogP contribution in [0.4, 0.5) is 5.69 Å². The Balaban J connectivity index is 1.56. The van der Waals surface area contributed by atoms with Crippen LogP contribution in [0.1, 0.15) is 43.4 Å². The van der Waals surface area contributed by atoms with Gasteiger partial charge >= 0.3 is 0 Å². The number of nitrogens with zero attached hydrogens (tertiary/aromatic N) is 1. The van der Waals surface area contributed by atoms with Crippen molar-refractivity contribution < 1.29 is 14.4 Å². The van der Waals surface area contributed by atoms with Gasteiger partial charge in [0.05, 0.1) is 12.5 Å². The summed E-state index contributed by atoms with van der Waals surface area (Å²) in [5.41, 5.74) is 2.72. The fourth-order valence-electron chi connectivity index (χ4n) is 3.37. The highest BCUT2D eigenvalue weighted by Crippen LogP contribution is 2.22. The van der Waals surface area contributed by atoms with Gasteiger partial charge in [0.15, 0.2) is 0 Å². The summed E-state index contributed by atoms with van der Waals surface area (Å²) in [7, 11) is 0. The first-order valence-electron chi connectivity index (χ1n) is 9.61. The van der Waals surface area contributed by atoms with Crippen LogP contribution in [-0.4, -0.2) is 24.3 Å². The maximum absolute atomic E-state index is 12.4. The molecule has 2 N–H and O–H groups in total. The Bertz CT molecular complexity index is 881. The molecule has 3 amide bonds. The summed E-state index contributed by atoms with van der Waals surface area (Å²) in [5.74, 6) is -0.175. The smallest absolute Gasteiger partial charge is 0.227 e. The van der Waals surface area contributed by atoms with Crippen LogP contribution in [0.15, 0.2) is 53.0 Å². The summed E-state index contributed by atoms with van der Waals surface area (Å²) >= 11 is 3.39. The molecule has 1 fully saturated rings. The number of halogens is 1. The zero-order chi connectivity index (χ0) is 20.8. The van der Waals surface area contributed by atoms with Crippen LogP contribution < -0.4 is 15.5 Å². The minimum absolute atomic E-state index is 0.148. The summed E-state index contributed by atoms with van der Waals surface area (Å²) < 4.78 is 0.936. The Hall–Kier alpha value is -2.67. The molecule has 2 aromatic carbocycles. The fourth-order valence-corrected chi connectivity index (χ4v) is 3.63. The predicted octanol–water partition coefficient (Wildman–Crippen LogP) is 3.46. The van der Waals surface area contributed by atoms with E-state index in [4.69, 9.17) is 0 Å². The largest absolute Gasteiger partial charge is 0.352 e. The predicted molar refractivity (Wildman–Crippen MR) is 115 cm³/mol. The second-order valence-electron chi connectivity index (χ2n) is 7.10.